The predicted molar refractivity (Wildman–Crippen MR) is 112 cm³/mol. The van der Waals surface area contributed by atoms with E-state index in [0.717, 1.165) is 33.1 Å². The number of benzene rings is 2. The minimum atomic E-state index is -0.210. The molecular formula is C22H22N2O3S. The summed E-state index contributed by atoms with van der Waals surface area (Å²) in [4.78, 5) is 28.9. The number of aromatic nitrogens is 1. The van der Waals surface area contributed by atoms with E-state index in [1.54, 1.807) is 19.1 Å². The summed E-state index contributed by atoms with van der Waals surface area (Å²) in [6.45, 7) is 7.28. The molecule has 0 aliphatic heterocycles. The number of carbonyl (C=O) groups excluding carboxylic acids is 2. The first-order chi connectivity index (χ1) is 13.3. The smallest absolute Gasteiger partial charge is 0.262 e. The van der Waals surface area contributed by atoms with Crippen molar-refractivity contribution in [2.45, 2.75) is 27.7 Å². The van der Waals surface area contributed by atoms with E-state index in [1.165, 1.54) is 11.3 Å². The summed E-state index contributed by atoms with van der Waals surface area (Å²) in [6.07, 6.45) is 0. The minimum absolute atomic E-state index is 0.0241. The molecule has 0 radical (unpaired) electrons. The lowest BCUT2D eigenvalue weighted by Crippen LogP contribution is -2.20. The number of hydrogen-bond donors (Lipinski definition) is 1. The van der Waals surface area contributed by atoms with Crippen molar-refractivity contribution < 1.29 is 14.3 Å². The fourth-order valence-corrected chi connectivity index (χ4v) is 3.80. The van der Waals surface area contributed by atoms with E-state index in [2.05, 4.69) is 10.3 Å². The third kappa shape index (κ3) is 4.64. The molecule has 0 aliphatic rings. The van der Waals surface area contributed by atoms with Crippen LogP contribution in [0.25, 0.3) is 10.6 Å². The maximum atomic E-state index is 12.1. The summed E-state index contributed by atoms with van der Waals surface area (Å²) in [5.74, 6) is 0.410. The zero-order chi connectivity index (χ0) is 20.3. The summed E-state index contributed by atoms with van der Waals surface area (Å²) in [5.41, 5.74) is 4.61. The average Bonchev–Trinajstić information content (AvgIpc) is 3.05. The molecule has 0 aliphatic carbocycles. The number of rotatable bonds is 6. The molecule has 1 amide bonds. The van der Waals surface area contributed by atoms with Crippen molar-refractivity contribution in [1.29, 1.82) is 0 Å². The SMILES string of the molecule is CC(=O)c1sc(-c2ccc(OCC(=O)Nc3ccc(C)cc3C)cc2)nc1C. The Morgan fingerprint density at radius 3 is 2.39 bits per heavy atom. The van der Waals surface area contributed by atoms with Crippen LogP contribution in [0.3, 0.4) is 0 Å². The Bertz CT molecular complexity index is 1020. The molecule has 144 valence electrons. The molecule has 0 bridgehead atoms. The van der Waals surface area contributed by atoms with Gasteiger partial charge in [0.1, 0.15) is 10.8 Å². The van der Waals surface area contributed by atoms with Crippen LogP contribution in [0.1, 0.15) is 33.4 Å². The molecule has 0 atom stereocenters. The van der Waals surface area contributed by atoms with Crippen LogP contribution >= 0.6 is 11.3 Å². The molecule has 0 spiro atoms. The van der Waals surface area contributed by atoms with Crippen LogP contribution in [0.2, 0.25) is 0 Å². The van der Waals surface area contributed by atoms with Crippen LogP contribution in [0.4, 0.5) is 5.69 Å². The molecule has 3 aromatic rings. The van der Waals surface area contributed by atoms with Gasteiger partial charge >= 0.3 is 0 Å². The Balaban J connectivity index is 1.60. The van der Waals surface area contributed by atoms with Gasteiger partial charge in [-0.25, -0.2) is 4.98 Å². The van der Waals surface area contributed by atoms with Crippen molar-refractivity contribution in [2.24, 2.45) is 0 Å². The standard InChI is InChI=1S/C22H22N2O3S/c1-13-5-10-19(14(2)11-13)24-20(26)12-27-18-8-6-17(7-9-18)22-23-15(3)21(28-22)16(4)25/h5-11H,12H2,1-4H3,(H,24,26). The lowest BCUT2D eigenvalue weighted by molar-refractivity contribution is -0.118. The van der Waals surface area contributed by atoms with Gasteiger partial charge in [0.25, 0.3) is 5.91 Å². The summed E-state index contributed by atoms with van der Waals surface area (Å²) >= 11 is 1.38. The predicted octanol–water partition coefficient (Wildman–Crippen LogP) is 4.96. The number of amides is 1. The molecule has 1 N–H and O–H groups in total. The van der Waals surface area contributed by atoms with E-state index in [4.69, 9.17) is 4.74 Å². The molecule has 0 unspecified atom stereocenters. The van der Waals surface area contributed by atoms with Crippen molar-refractivity contribution in [3.8, 4) is 16.3 Å². The number of hydrogen-bond acceptors (Lipinski definition) is 5. The van der Waals surface area contributed by atoms with Crippen LogP contribution in [0.15, 0.2) is 42.5 Å². The Morgan fingerprint density at radius 2 is 1.79 bits per heavy atom. The van der Waals surface area contributed by atoms with Crippen LogP contribution in [-0.4, -0.2) is 23.3 Å². The lowest BCUT2D eigenvalue weighted by atomic mass is 10.1. The average molecular weight is 394 g/mol. The summed E-state index contributed by atoms with van der Waals surface area (Å²) in [6, 6.07) is 13.2. The molecule has 0 fully saturated rings. The van der Waals surface area contributed by atoms with Gasteiger partial charge in [0, 0.05) is 18.2 Å². The third-order valence-electron chi connectivity index (χ3n) is 4.24. The largest absolute Gasteiger partial charge is 0.484 e. The fraction of sp³-hybridized carbons (Fsp3) is 0.227. The molecule has 5 nitrogen and oxygen atoms in total. The van der Waals surface area contributed by atoms with Gasteiger partial charge < -0.3 is 10.1 Å². The van der Waals surface area contributed by atoms with E-state index in [0.29, 0.717) is 10.6 Å². The number of Topliss-reactive ketones (excluding diaryl/α,β-unsaturated/α-hetero) is 1. The van der Waals surface area contributed by atoms with Gasteiger partial charge in [-0.1, -0.05) is 17.7 Å². The molecule has 3 rings (SSSR count). The summed E-state index contributed by atoms with van der Waals surface area (Å²) < 4.78 is 5.58. The van der Waals surface area contributed by atoms with E-state index in [1.807, 2.05) is 51.1 Å². The molecule has 28 heavy (non-hydrogen) atoms. The zero-order valence-electron chi connectivity index (χ0n) is 16.3. The molecule has 2 aromatic carbocycles. The number of anilines is 1. The van der Waals surface area contributed by atoms with Gasteiger partial charge in [-0.15, -0.1) is 11.3 Å². The Labute approximate surface area is 168 Å². The molecule has 0 saturated carbocycles. The molecule has 0 saturated heterocycles. The van der Waals surface area contributed by atoms with Crippen molar-refractivity contribution in [2.75, 3.05) is 11.9 Å². The van der Waals surface area contributed by atoms with Gasteiger partial charge in [0.05, 0.1) is 10.6 Å². The third-order valence-corrected chi connectivity index (χ3v) is 5.55. The second-order valence-electron chi connectivity index (χ2n) is 6.67. The number of ether oxygens (including phenoxy) is 1. The van der Waals surface area contributed by atoms with Crippen molar-refractivity contribution in [3.05, 3.63) is 64.2 Å². The molecule has 1 aromatic heterocycles. The van der Waals surface area contributed by atoms with Crippen molar-refractivity contribution in [1.82, 2.24) is 4.98 Å². The minimum Gasteiger partial charge on any atom is -0.484 e. The highest BCUT2D eigenvalue weighted by atomic mass is 32.1. The maximum Gasteiger partial charge on any atom is 0.262 e. The normalized spacial score (nSPS) is 10.6. The summed E-state index contributed by atoms with van der Waals surface area (Å²) in [5, 5.41) is 3.65. The quantitative estimate of drug-likeness (QED) is 0.600. The first kappa shape index (κ1) is 19.8. The van der Waals surface area contributed by atoms with E-state index in [9.17, 15) is 9.59 Å². The van der Waals surface area contributed by atoms with Crippen LogP contribution in [-0.2, 0) is 4.79 Å². The van der Waals surface area contributed by atoms with Crippen molar-refractivity contribution >= 4 is 28.7 Å². The Morgan fingerprint density at radius 1 is 1.07 bits per heavy atom. The lowest BCUT2D eigenvalue weighted by Gasteiger charge is -2.10. The van der Waals surface area contributed by atoms with Gasteiger partial charge in [-0.2, -0.15) is 0 Å². The van der Waals surface area contributed by atoms with Gasteiger partial charge in [0.2, 0.25) is 0 Å². The van der Waals surface area contributed by atoms with Gasteiger partial charge in [-0.05, 0) is 56.7 Å². The number of carbonyl (C=O) groups is 2. The van der Waals surface area contributed by atoms with Crippen LogP contribution < -0.4 is 10.1 Å². The zero-order valence-corrected chi connectivity index (χ0v) is 17.1. The molecule has 1 heterocycles. The summed E-state index contributed by atoms with van der Waals surface area (Å²) in [7, 11) is 0. The Kier molecular flexibility index (Phi) is 5.90. The number of ketones is 1. The fourth-order valence-electron chi connectivity index (χ4n) is 2.83. The monoisotopic (exact) mass is 394 g/mol. The number of nitrogens with zero attached hydrogens (tertiary/aromatic N) is 1. The first-order valence-electron chi connectivity index (χ1n) is 8.92. The second-order valence-corrected chi connectivity index (χ2v) is 7.67. The Hall–Kier alpha value is -2.99. The number of thiazole rings is 1. The van der Waals surface area contributed by atoms with E-state index in [-0.39, 0.29) is 18.3 Å². The number of aryl methyl sites for hydroxylation is 3. The topological polar surface area (TPSA) is 68.3 Å². The highest BCUT2D eigenvalue weighted by Crippen LogP contribution is 2.29. The van der Waals surface area contributed by atoms with E-state index < -0.39 is 0 Å². The van der Waals surface area contributed by atoms with Crippen LogP contribution in [0.5, 0.6) is 5.75 Å². The molecular weight excluding hydrogens is 372 g/mol. The van der Waals surface area contributed by atoms with Crippen molar-refractivity contribution in [3.63, 3.8) is 0 Å². The van der Waals surface area contributed by atoms with E-state index >= 15 is 0 Å². The van der Waals surface area contributed by atoms with Gasteiger partial charge in [-0.3, -0.25) is 9.59 Å². The molecule has 6 heteroatoms. The second kappa shape index (κ2) is 8.35. The maximum absolute atomic E-state index is 12.1. The first-order valence-corrected chi connectivity index (χ1v) is 9.74. The highest BCUT2D eigenvalue weighted by Gasteiger charge is 2.13. The highest BCUT2D eigenvalue weighted by molar-refractivity contribution is 7.17. The number of nitrogens with one attached hydrogen (secondary N) is 1. The van der Waals surface area contributed by atoms with Crippen LogP contribution in [0, 0.1) is 20.8 Å². The van der Waals surface area contributed by atoms with Gasteiger partial charge in [0.15, 0.2) is 12.4 Å².